The van der Waals surface area contributed by atoms with Crippen molar-refractivity contribution in [2.24, 2.45) is 0 Å². The Balaban J connectivity index is 1.79. The van der Waals surface area contributed by atoms with Gasteiger partial charge in [0.05, 0.1) is 12.0 Å². The van der Waals surface area contributed by atoms with Gasteiger partial charge in [-0.15, -0.1) is 0 Å². The third kappa shape index (κ3) is 5.33. The molecule has 1 atom stereocenters. The fourth-order valence-corrected chi connectivity index (χ4v) is 2.57. The van der Waals surface area contributed by atoms with Gasteiger partial charge in [-0.2, -0.15) is 13.2 Å². The maximum Gasteiger partial charge on any atom is 0.416 e. The van der Waals surface area contributed by atoms with Crippen molar-refractivity contribution in [3.05, 3.63) is 35.4 Å². The highest BCUT2D eigenvalue weighted by molar-refractivity contribution is 5.78. The van der Waals surface area contributed by atoms with Crippen LogP contribution in [0, 0.1) is 0 Å². The van der Waals surface area contributed by atoms with Crippen LogP contribution >= 0.6 is 0 Å². The van der Waals surface area contributed by atoms with Crippen molar-refractivity contribution in [2.75, 3.05) is 13.1 Å². The number of amides is 1. The maximum atomic E-state index is 12.5. The number of benzene rings is 1. The van der Waals surface area contributed by atoms with Crippen molar-refractivity contribution in [1.29, 1.82) is 0 Å². The van der Waals surface area contributed by atoms with Gasteiger partial charge in [-0.25, -0.2) is 0 Å². The molecule has 1 amide bonds. The van der Waals surface area contributed by atoms with Crippen LogP contribution in [0.4, 0.5) is 13.2 Å². The minimum atomic E-state index is -4.34. The van der Waals surface area contributed by atoms with Crippen LogP contribution in [0.5, 0.6) is 0 Å². The highest BCUT2D eigenvalue weighted by Crippen LogP contribution is 2.29. The van der Waals surface area contributed by atoms with Crippen LogP contribution in [0.25, 0.3) is 0 Å². The smallest absolute Gasteiger partial charge is 0.354 e. The second-order valence-electron chi connectivity index (χ2n) is 5.68. The van der Waals surface area contributed by atoms with E-state index in [0.717, 1.165) is 37.9 Å². The average Bonchev–Trinajstić information content (AvgIpc) is 2.73. The van der Waals surface area contributed by atoms with Crippen LogP contribution in [0.3, 0.4) is 0 Å². The van der Waals surface area contributed by atoms with Gasteiger partial charge in [0.1, 0.15) is 0 Å². The second-order valence-corrected chi connectivity index (χ2v) is 5.68. The molecular weight excluding hydrogens is 293 g/mol. The molecule has 1 unspecified atom stereocenters. The normalized spacial score (nSPS) is 19.5. The van der Waals surface area contributed by atoms with Crippen LogP contribution in [0.2, 0.25) is 0 Å². The van der Waals surface area contributed by atoms with Crippen molar-refractivity contribution < 1.29 is 18.0 Å². The average molecular weight is 314 g/mol. The van der Waals surface area contributed by atoms with E-state index in [1.54, 1.807) is 0 Å². The summed E-state index contributed by atoms with van der Waals surface area (Å²) in [5, 5.41) is 6.23. The number of hydrogen-bond acceptors (Lipinski definition) is 2. The lowest BCUT2D eigenvalue weighted by atomic mass is 10.1. The van der Waals surface area contributed by atoms with Gasteiger partial charge >= 0.3 is 6.18 Å². The molecule has 22 heavy (non-hydrogen) atoms. The number of alkyl halides is 3. The molecule has 0 bridgehead atoms. The molecule has 1 aromatic carbocycles. The first-order valence-electron chi connectivity index (χ1n) is 7.61. The Kier molecular flexibility index (Phi) is 5.83. The molecule has 0 radical (unpaired) electrons. The number of carbonyl (C=O) groups is 1. The zero-order chi connectivity index (χ0) is 16.0. The fourth-order valence-electron chi connectivity index (χ4n) is 2.57. The summed E-state index contributed by atoms with van der Waals surface area (Å²) in [5.41, 5.74) is -0.112. The predicted molar refractivity (Wildman–Crippen MR) is 78.4 cm³/mol. The van der Waals surface area contributed by atoms with Gasteiger partial charge in [0.25, 0.3) is 0 Å². The SMILES string of the molecule is O=C(Cc1ccc(C(F)(F)F)cc1)NCC1CCCCCN1. The van der Waals surface area contributed by atoms with E-state index in [4.69, 9.17) is 0 Å². The first kappa shape index (κ1) is 16.8. The predicted octanol–water partition coefficient (Wildman–Crippen LogP) is 2.90. The topological polar surface area (TPSA) is 41.1 Å². The van der Waals surface area contributed by atoms with E-state index in [2.05, 4.69) is 10.6 Å². The van der Waals surface area contributed by atoms with E-state index in [-0.39, 0.29) is 12.3 Å². The molecule has 2 N–H and O–H groups in total. The molecule has 3 nitrogen and oxygen atoms in total. The maximum absolute atomic E-state index is 12.5. The van der Waals surface area contributed by atoms with Crippen molar-refractivity contribution >= 4 is 5.91 Å². The lowest BCUT2D eigenvalue weighted by Crippen LogP contribution is -2.40. The number of rotatable bonds is 4. The molecule has 2 rings (SSSR count). The molecular formula is C16H21F3N2O. The number of halogens is 3. The van der Waals surface area contributed by atoms with Crippen LogP contribution in [-0.2, 0) is 17.4 Å². The standard InChI is InChI=1S/C16H21F3N2O/c17-16(18,19)13-7-5-12(6-8-13)10-15(22)21-11-14-4-2-1-3-9-20-14/h5-8,14,20H,1-4,9-11H2,(H,21,22). The number of nitrogens with one attached hydrogen (secondary N) is 2. The van der Waals surface area contributed by atoms with E-state index >= 15 is 0 Å². The van der Waals surface area contributed by atoms with E-state index in [1.807, 2.05) is 0 Å². The lowest BCUT2D eigenvalue weighted by Gasteiger charge is -2.16. The summed E-state index contributed by atoms with van der Waals surface area (Å²) in [6, 6.07) is 5.02. The molecule has 1 aromatic rings. The summed E-state index contributed by atoms with van der Waals surface area (Å²) >= 11 is 0. The summed E-state index contributed by atoms with van der Waals surface area (Å²) in [4.78, 5) is 11.9. The number of carbonyl (C=O) groups excluding carboxylic acids is 1. The Labute approximate surface area is 128 Å². The van der Waals surface area contributed by atoms with E-state index in [1.165, 1.54) is 18.6 Å². The Morgan fingerprint density at radius 3 is 2.59 bits per heavy atom. The van der Waals surface area contributed by atoms with Gasteiger partial charge in [-0.3, -0.25) is 4.79 Å². The Bertz CT molecular complexity index is 477. The zero-order valence-corrected chi connectivity index (χ0v) is 12.4. The van der Waals surface area contributed by atoms with Gasteiger partial charge in [0.2, 0.25) is 5.91 Å². The third-order valence-corrected chi connectivity index (χ3v) is 3.85. The monoisotopic (exact) mass is 314 g/mol. The zero-order valence-electron chi connectivity index (χ0n) is 12.4. The summed E-state index contributed by atoms with van der Waals surface area (Å²) in [6.07, 6.45) is 0.336. The molecule has 6 heteroatoms. The van der Waals surface area contributed by atoms with Gasteiger partial charge < -0.3 is 10.6 Å². The minimum absolute atomic E-state index is 0.102. The van der Waals surface area contributed by atoms with Gasteiger partial charge in [-0.1, -0.05) is 25.0 Å². The van der Waals surface area contributed by atoms with Crippen molar-refractivity contribution in [2.45, 2.75) is 44.3 Å². The lowest BCUT2D eigenvalue weighted by molar-refractivity contribution is -0.137. The van der Waals surface area contributed by atoms with Crippen LogP contribution < -0.4 is 10.6 Å². The first-order valence-corrected chi connectivity index (χ1v) is 7.61. The highest BCUT2D eigenvalue weighted by Gasteiger charge is 2.29. The van der Waals surface area contributed by atoms with Crippen molar-refractivity contribution in [3.63, 3.8) is 0 Å². The van der Waals surface area contributed by atoms with Crippen molar-refractivity contribution in [1.82, 2.24) is 10.6 Å². The van der Waals surface area contributed by atoms with E-state index in [0.29, 0.717) is 18.2 Å². The summed E-state index contributed by atoms with van der Waals surface area (Å²) in [5.74, 6) is -0.161. The van der Waals surface area contributed by atoms with Crippen LogP contribution in [0.1, 0.15) is 36.8 Å². The molecule has 1 saturated heterocycles. The molecule has 0 spiro atoms. The largest absolute Gasteiger partial charge is 0.416 e. The third-order valence-electron chi connectivity index (χ3n) is 3.85. The highest BCUT2D eigenvalue weighted by atomic mass is 19.4. The molecule has 1 heterocycles. The van der Waals surface area contributed by atoms with Crippen LogP contribution in [-0.4, -0.2) is 25.0 Å². The molecule has 1 fully saturated rings. The quantitative estimate of drug-likeness (QED) is 0.897. The van der Waals surface area contributed by atoms with Crippen molar-refractivity contribution in [3.8, 4) is 0 Å². The molecule has 1 aliphatic rings. The molecule has 122 valence electrons. The summed E-state index contributed by atoms with van der Waals surface area (Å²) < 4.78 is 37.4. The molecule has 1 aliphatic heterocycles. The summed E-state index contributed by atoms with van der Waals surface area (Å²) in [6.45, 7) is 1.54. The molecule has 0 aliphatic carbocycles. The van der Waals surface area contributed by atoms with E-state index in [9.17, 15) is 18.0 Å². The first-order chi connectivity index (χ1) is 10.4. The van der Waals surface area contributed by atoms with Gasteiger partial charge in [0, 0.05) is 12.6 Å². The van der Waals surface area contributed by atoms with Gasteiger partial charge in [0.15, 0.2) is 0 Å². The Hall–Kier alpha value is -1.56. The minimum Gasteiger partial charge on any atom is -0.354 e. The molecule has 0 saturated carbocycles. The summed E-state index contributed by atoms with van der Waals surface area (Å²) in [7, 11) is 0. The second kappa shape index (κ2) is 7.63. The van der Waals surface area contributed by atoms with E-state index < -0.39 is 11.7 Å². The fraction of sp³-hybridized carbons (Fsp3) is 0.562. The van der Waals surface area contributed by atoms with Crippen LogP contribution in [0.15, 0.2) is 24.3 Å². The Morgan fingerprint density at radius 2 is 1.91 bits per heavy atom. The number of hydrogen-bond donors (Lipinski definition) is 2. The van der Waals surface area contributed by atoms with Gasteiger partial charge in [-0.05, 0) is 37.1 Å². The molecule has 0 aromatic heterocycles. The Morgan fingerprint density at radius 1 is 1.18 bits per heavy atom.